The van der Waals surface area contributed by atoms with Crippen LogP contribution in [-0.4, -0.2) is 42.1 Å². The van der Waals surface area contributed by atoms with E-state index in [1.165, 1.54) is 16.9 Å². The minimum Gasteiger partial charge on any atom is -0.379 e. The molecule has 3 aromatic rings. The number of hydrogen-bond donors (Lipinski definition) is 1. The maximum absolute atomic E-state index is 12.6. The number of ether oxygens (including phenoxy) is 1. The van der Waals surface area contributed by atoms with Crippen LogP contribution in [0.3, 0.4) is 0 Å². The molecule has 0 atom stereocenters. The fourth-order valence-corrected chi connectivity index (χ4v) is 4.85. The third-order valence-electron chi connectivity index (χ3n) is 4.76. The van der Waals surface area contributed by atoms with Crippen molar-refractivity contribution in [1.29, 1.82) is 0 Å². The fraction of sp³-hybridized carbons (Fsp3) is 0.333. The van der Waals surface area contributed by atoms with E-state index < -0.39 is 0 Å². The van der Waals surface area contributed by atoms with Crippen molar-refractivity contribution in [2.45, 2.75) is 20.0 Å². The zero-order chi connectivity index (χ0) is 19.3. The van der Waals surface area contributed by atoms with E-state index in [2.05, 4.69) is 44.8 Å². The summed E-state index contributed by atoms with van der Waals surface area (Å²) in [5, 5.41) is 8.00. The van der Waals surface area contributed by atoms with Gasteiger partial charge in [0, 0.05) is 37.1 Å². The normalized spacial score (nSPS) is 14.9. The third kappa shape index (κ3) is 4.67. The summed E-state index contributed by atoms with van der Waals surface area (Å²) in [5.41, 5.74) is 4.24. The average Bonchev–Trinajstić information content (AvgIpc) is 3.38. The summed E-state index contributed by atoms with van der Waals surface area (Å²) in [6.07, 6.45) is 0. The number of amides is 1. The highest BCUT2D eigenvalue weighted by Crippen LogP contribution is 2.29. The molecule has 0 aliphatic carbocycles. The Morgan fingerprint density at radius 1 is 1.18 bits per heavy atom. The molecule has 1 aliphatic rings. The summed E-state index contributed by atoms with van der Waals surface area (Å²) in [6.45, 7) is 6.95. The van der Waals surface area contributed by atoms with Gasteiger partial charge in [-0.3, -0.25) is 9.69 Å². The van der Waals surface area contributed by atoms with Crippen LogP contribution in [0.1, 0.15) is 26.5 Å². The highest BCUT2D eigenvalue weighted by atomic mass is 32.1. The molecule has 1 saturated heterocycles. The van der Waals surface area contributed by atoms with E-state index >= 15 is 0 Å². The van der Waals surface area contributed by atoms with Crippen molar-refractivity contribution >= 4 is 28.6 Å². The lowest BCUT2D eigenvalue weighted by molar-refractivity contribution is 0.0342. The number of rotatable bonds is 6. The summed E-state index contributed by atoms with van der Waals surface area (Å²) >= 11 is 3.08. The maximum Gasteiger partial charge on any atom is 0.263 e. The summed E-state index contributed by atoms with van der Waals surface area (Å²) in [4.78, 5) is 20.2. The maximum atomic E-state index is 12.6. The van der Waals surface area contributed by atoms with Crippen LogP contribution in [0.5, 0.6) is 0 Å². The molecule has 3 heterocycles. The number of morpholine rings is 1. The quantitative estimate of drug-likeness (QED) is 0.665. The van der Waals surface area contributed by atoms with Crippen molar-refractivity contribution in [1.82, 2.24) is 15.2 Å². The second kappa shape index (κ2) is 8.96. The van der Waals surface area contributed by atoms with Gasteiger partial charge in [-0.2, -0.15) is 11.3 Å². The van der Waals surface area contributed by atoms with Crippen molar-refractivity contribution in [3.8, 4) is 10.6 Å². The summed E-state index contributed by atoms with van der Waals surface area (Å²) in [6, 6.07) is 10.5. The van der Waals surface area contributed by atoms with E-state index in [4.69, 9.17) is 4.74 Å². The molecule has 28 heavy (non-hydrogen) atoms. The van der Waals surface area contributed by atoms with E-state index in [9.17, 15) is 4.79 Å². The Labute approximate surface area is 173 Å². The van der Waals surface area contributed by atoms with Gasteiger partial charge in [0.05, 0.1) is 18.9 Å². The Balaban J connectivity index is 1.33. The third-order valence-corrected chi connectivity index (χ3v) is 6.65. The van der Waals surface area contributed by atoms with Gasteiger partial charge in [-0.1, -0.05) is 24.3 Å². The molecule has 4 rings (SSSR count). The van der Waals surface area contributed by atoms with Crippen molar-refractivity contribution in [3.05, 3.63) is 62.8 Å². The topological polar surface area (TPSA) is 54.5 Å². The zero-order valence-electron chi connectivity index (χ0n) is 15.8. The van der Waals surface area contributed by atoms with Crippen molar-refractivity contribution < 1.29 is 9.53 Å². The molecule has 0 spiro atoms. The molecule has 1 aromatic carbocycles. The van der Waals surface area contributed by atoms with Gasteiger partial charge in [-0.15, -0.1) is 11.3 Å². The number of thiophene rings is 1. The Morgan fingerprint density at radius 3 is 2.64 bits per heavy atom. The number of carbonyl (C=O) groups excluding carboxylic acids is 1. The number of thiazole rings is 1. The van der Waals surface area contributed by atoms with Crippen molar-refractivity contribution in [3.63, 3.8) is 0 Å². The molecule has 2 aromatic heterocycles. The zero-order valence-corrected chi connectivity index (χ0v) is 17.4. The highest BCUT2D eigenvalue weighted by Gasteiger charge is 2.16. The monoisotopic (exact) mass is 413 g/mol. The van der Waals surface area contributed by atoms with Crippen LogP contribution in [0.4, 0.5) is 0 Å². The lowest BCUT2D eigenvalue weighted by atomic mass is 10.1. The van der Waals surface area contributed by atoms with Gasteiger partial charge in [-0.25, -0.2) is 4.98 Å². The Morgan fingerprint density at radius 2 is 1.93 bits per heavy atom. The Bertz CT molecular complexity index is 914. The molecule has 0 saturated carbocycles. The molecule has 0 unspecified atom stereocenters. The van der Waals surface area contributed by atoms with Gasteiger partial charge >= 0.3 is 0 Å². The standard InChI is InChI=1S/C21H23N3O2S2/c1-15-19(28-21(23-15)18-6-11-27-14-18)20(25)22-12-16-2-4-17(5-3-16)13-24-7-9-26-10-8-24/h2-6,11,14H,7-10,12-13H2,1H3,(H,22,25). The number of hydrogen-bond acceptors (Lipinski definition) is 6. The Kier molecular flexibility index (Phi) is 6.17. The van der Waals surface area contributed by atoms with Crippen LogP contribution in [-0.2, 0) is 17.8 Å². The highest BCUT2D eigenvalue weighted by molar-refractivity contribution is 7.17. The number of benzene rings is 1. The SMILES string of the molecule is Cc1nc(-c2ccsc2)sc1C(=O)NCc1ccc(CN2CCOCC2)cc1. The number of nitrogens with one attached hydrogen (secondary N) is 1. The number of aromatic nitrogens is 1. The average molecular weight is 414 g/mol. The van der Waals surface area contributed by atoms with Gasteiger partial charge in [0.25, 0.3) is 5.91 Å². The van der Waals surface area contributed by atoms with Gasteiger partial charge in [0.1, 0.15) is 9.88 Å². The summed E-state index contributed by atoms with van der Waals surface area (Å²) in [7, 11) is 0. The number of nitrogens with zero attached hydrogens (tertiary/aromatic N) is 2. The van der Waals surface area contributed by atoms with Crippen molar-refractivity contribution in [2.75, 3.05) is 26.3 Å². The van der Waals surface area contributed by atoms with E-state index in [-0.39, 0.29) is 5.91 Å². The van der Waals surface area contributed by atoms with Crippen LogP contribution in [0, 0.1) is 6.92 Å². The van der Waals surface area contributed by atoms with Crippen LogP contribution < -0.4 is 5.32 Å². The van der Waals surface area contributed by atoms with Crippen LogP contribution in [0.25, 0.3) is 10.6 Å². The Hall–Kier alpha value is -2.06. The van der Waals surface area contributed by atoms with Crippen LogP contribution in [0.2, 0.25) is 0 Å². The summed E-state index contributed by atoms with van der Waals surface area (Å²) in [5.74, 6) is -0.0612. The largest absolute Gasteiger partial charge is 0.379 e. The number of carbonyl (C=O) groups is 1. The second-order valence-electron chi connectivity index (χ2n) is 6.83. The molecular weight excluding hydrogens is 390 g/mol. The first-order chi connectivity index (χ1) is 13.7. The molecule has 1 amide bonds. The minimum absolute atomic E-state index is 0.0612. The van der Waals surface area contributed by atoms with E-state index in [0.717, 1.165) is 54.7 Å². The van der Waals surface area contributed by atoms with E-state index in [1.54, 1.807) is 11.3 Å². The van der Waals surface area contributed by atoms with Gasteiger partial charge in [0.15, 0.2) is 0 Å². The molecule has 0 bridgehead atoms. The predicted octanol–water partition coefficient (Wildman–Crippen LogP) is 3.94. The molecule has 146 valence electrons. The van der Waals surface area contributed by atoms with Crippen LogP contribution >= 0.6 is 22.7 Å². The van der Waals surface area contributed by atoms with Crippen LogP contribution in [0.15, 0.2) is 41.1 Å². The minimum atomic E-state index is -0.0612. The first-order valence-corrected chi connectivity index (χ1v) is 11.1. The fourth-order valence-electron chi connectivity index (χ4n) is 3.16. The lowest BCUT2D eigenvalue weighted by Gasteiger charge is -2.26. The molecule has 7 heteroatoms. The number of aryl methyl sites for hydroxylation is 1. The smallest absolute Gasteiger partial charge is 0.263 e. The van der Waals surface area contributed by atoms with E-state index in [0.29, 0.717) is 11.4 Å². The molecule has 1 N–H and O–H groups in total. The van der Waals surface area contributed by atoms with Crippen molar-refractivity contribution in [2.24, 2.45) is 0 Å². The molecule has 0 radical (unpaired) electrons. The van der Waals surface area contributed by atoms with Gasteiger partial charge in [0.2, 0.25) is 0 Å². The molecule has 1 fully saturated rings. The lowest BCUT2D eigenvalue weighted by Crippen LogP contribution is -2.35. The molecular formula is C21H23N3O2S2. The first-order valence-electron chi connectivity index (χ1n) is 9.35. The summed E-state index contributed by atoms with van der Waals surface area (Å²) < 4.78 is 5.39. The van der Waals surface area contributed by atoms with E-state index in [1.807, 2.05) is 18.4 Å². The molecule has 5 nitrogen and oxygen atoms in total. The molecule has 1 aliphatic heterocycles. The second-order valence-corrected chi connectivity index (χ2v) is 8.61. The van der Waals surface area contributed by atoms with Gasteiger partial charge in [-0.05, 0) is 29.5 Å². The first kappa shape index (κ1) is 19.3. The predicted molar refractivity (Wildman–Crippen MR) is 114 cm³/mol. The van der Waals surface area contributed by atoms with Gasteiger partial charge < -0.3 is 10.1 Å².